The highest BCUT2D eigenvalue weighted by atomic mass is 16.6. The van der Waals surface area contributed by atoms with E-state index in [0.717, 1.165) is 35.7 Å². The van der Waals surface area contributed by atoms with E-state index in [2.05, 4.69) is 18.0 Å². The number of fused-ring (bicyclic) bond motifs is 1. The van der Waals surface area contributed by atoms with Gasteiger partial charge in [0.05, 0.1) is 0 Å². The second-order valence-electron chi connectivity index (χ2n) is 4.00. The van der Waals surface area contributed by atoms with Gasteiger partial charge in [-0.05, 0) is 13.0 Å². The van der Waals surface area contributed by atoms with Gasteiger partial charge < -0.3 is 14.8 Å². The summed E-state index contributed by atoms with van der Waals surface area (Å²) in [6, 6.07) is 5.99. The summed E-state index contributed by atoms with van der Waals surface area (Å²) in [4.78, 5) is 0. The summed E-state index contributed by atoms with van der Waals surface area (Å²) in [7, 11) is 0. The Morgan fingerprint density at radius 2 is 2.19 bits per heavy atom. The average molecular weight is 219 g/mol. The molecule has 1 N–H and O–H groups in total. The van der Waals surface area contributed by atoms with Crippen LogP contribution in [0.2, 0.25) is 0 Å². The third-order valence-electron chi connectivity index (χ3n) is 2.39. The molecule has 0 saturated heterocycles. The van der Waals surface area contributed by atoms with Crippen LogP contribution in [0.25, 0.3) is 0 Å². The fourth-order valence-corrected chi connectivity index (χ4v) is 1.68. The number of rotatable bonds is 4. The minimum Gasteiger partial charge on any atom is -0.486 e. The maximum absolute atomic E-state index is 5.62. The maximum Gasteiger partial charge on any atom is 0.165 e. The Labute approximate surface area is 96.1 Å². The van der Waals surface area contributed by atoms with Crippen LogP contribution in [0, 0.1) is 0 Å². The number of para-hydroxylation sites is 1. The van der Waals surface area contributed by atoms with Crippen LogP contribution in [0.15, 0.2) is 30.4 Å². The molecule has 1 aliphatic rings. The Balaban J connectivity index is 2.05. The van der Waals surface area contributed by atoms with Crippen LogP contribution < -0.4 is 14.8 Å². The zero-order valence-corrected chi connectivity index (χ0v) is 9.58. The molecule has 0 saturated carbocycles. The minimum absolute atomic E-state index is 0.629. The van der Waals surface area contributed by atoms with Gasteiger partial charge in [-0.25, -0.2) is 0 Å². The SMILES string of the molecule is C=C(C)CNCc1cccc2c1OCCO2. The van der Waals surface area contributed by atoms with Gasteiger partial charge in [0.2, 0.25) is 0 Å². The maximum atomic E-state index is 5.62. The Morgan fingerprint density at radius 3 is 3.00 bits per heavy atom. The zero-order valence-electron chi connectivity index (χ0n) is 9.58. The van der Waals surface area contributed by atoms with Gasteiger partial charge in [-0.2, -0.15) is 0 Å². The lowest BCUT2D eigenvalue weighted by atomic mass is 10.1. The lowest BCUT2D eigenvalue weighted by Crippen LogP contribution is -2.20. The first-order valence-corrected chi connectivity index (χ1v) is 5.50. The number of nitrogens with one attached hydrogen (secondary N) is 1. The predicted octanol–water partition coefficient (Wildman–Crippen LogP) is 2.12. The van der Waals surface area contributed by atoms with Crippen molar-refractivity contribution in [3.8, 4) is 11.5 Å². The molecule has 1 aromatic carbocycles. The van der Waals surface area contributed by atoms with Gasteiger partial charge >= 0.3 is 0 Å². The highest BCUT2D eigenvalue weighted by Crippen LogP contribution is 2.33. The topological polar surface area (TPSA) is 30.5 Å². The molecule has 3 nitrogen and oxygen atoms in total. The quantitative estimate of drug-likeness (QED) is 0.787. The van der Waals surface area contributed by atoms with Crippen molar-refractivity contribution in [2.45, 2.75) is 13.5 Å². The van der Waals surface area contributed by atoms with Crippen molar-refractivity contribution < 1.29 is 9.47 Å². The zero-order chi connectivity index (χ0) is 11.4. The monoisotopic (exact) mass is 219 g/mol. The van der Waals surface area contributed by atoms with E-state index in [9.17, 15) is 0 Å². The van der Waals surface area contributed by atoms with E-state index in [1.54, 1.807) is 0 Å². The van der Waals surface area contributed by atoms with Gasteiger partial charge in [-0.1, -0.05) is 24.3 Å². The van der Waals surface area contributed by atoms with Gasteiger partial charge in [0.1, 0.15) is 13.2 Å². The third kappa shape index (κ3) is 2.55. The molecule has 0 radical (unpaired) electrons. The van der Waals surface area contributed by atoms with Gasteiger partial charge in [-0.15, -0.1) is 0 Å². The van der Waals surface area contributed by atoms with Crippen LogP contribution in [0.4, 0.5) is 0 Å². The summed E-state index contributed by atoms with van der Waals surface area (Å²) in [5.41, 5.74) is 2.26. The standard InChI is InChI=1S/C13H17NO2/c1-10(2)8-14-9-11-4-3-5-12-13(11)16-7-6-15-12/h3-5,14H,1,6-9H2,2H3. The van der Waals surface area contributed by atoms with Crippen LogP contribution in [0.3, 0.4) is 0 Å². The first-order chi connectivity index (χ1) is 7.77. The summed E-state index contributed by atoms with van der Waals surface area (Å²) in [6.45, 7) is 8.73. The second-order valence-corrected chi connectivity index (χ2v) is 4.00. The molecule has 16 heavy (non-hydrogen) atoms. The van der Waals surface area contributed by atoms with Crippen LogP contribution in [0.1, 0.15) is 12.5 Å². The van der Waals surface area contributed by atoms with Crippen molar-refractivity contribution in [2.75, 3.05) is 19.8 Å². The average Bonchev–Trinajstić information content (AvgIpc) is 2.29. The van der Waals surface area contributed by atoms with Crippen molar-refractivity contribution >= 4 is 0 Å². The van der Waals surface area contributed by atoms with Gasteiger partial charge in [0.25, 0.3) is 0 Å². The van der Waals surface area contributed by atoms with E-state index in [1.807, 2.05) is 19.1 Å². The lowest BCUT2D eigenvalue weighted by molar-refractivity contribution is 0.169. The molecular weight excluding hydrogens is 202 g/mol. The lowest BCUT2D eigenvalue weighted by Gasteiger charge is -2.21. The van der Waals surface area contributed by atoms with Crippen molar-refractivity contribution in [2.24, 2.45) is 0 Å². The smallest absolute Gasteiger partial charge is 0.165 e. The van der Waals surface area contributed by atoms with Crippen LogP contribution in [-0.4, -0.2) is 19.8 Å². The van der Waals surface area contributed by atoms with Crippen molar-refractivity contribution in [1.29, 1.82) is 0 Å². The van der Waals surface area contributed by atoms with Crippen molar-refractivity contribution in [1.82, 2.24) is 5.32 Å². The molecule has 0 aliphatic carbocycles. The van der Waals surface area contributed by atoms with Gasteiger partial charge in [0, 0.05) is 18.7 Å². The van der Waals surface area contributed by atoms with Crippen LogP contribution in [-0.2, 0) is 6.54 Å². The molecule has 0 fully saturated rings. The Bertz CT molecular complexity index is 388. The van der Waals surface area contributed by atoms with Crippen molar-refractivity contribution in [3.05, 3.63) is 35.9 Å². The van der Waals surface area contributed by atoms with E-state index in [-0.39, 0.29) is 0 Å². The molecular formula is C13H17NO2. The second kappa shape index (κ2) is 5.03. The van der Waals surface area contributed by atoms with E-state index >= 15 is 0 Å². The van der Waals surface area contributed by atoms with E-state index in [4.69, 9.17) is 9.47 Å². The molecule has 1 heterocycles. The number of hydrogen-bond acceptors (Lipinski definition) is 3. The summed E-state index contributed by atoms with van der Waals surface area (Å²) < 4.78 is 11.1. The molecule has 0 spiro atoms. The highest BCUT2D eigenvalue weighted by molar-refractivity contribution is 5.47. The molecule has 0 unspecified atom stereocenters. The summed E-state index contributed by atoms with van der Waals surface area (Å²) in [5.74, 6) is 1.73. The summed E-state index contributed by atoms with van der Waals surface area (Å²) in [5, 5.41) is 3.32. The van der Waals surface area contributed by atoms with Gasteiger partial charge in [0.15, 0.2) is 11.5 Å². The minimum atomic E-state index is 0.629. The van der Waals surface area contributed by atoms with Gasteiger partial charge in [-0.3, -0.25) is 0 Å². The highest BCUT2D eigenvalue weighted by Gasteiger charge is 2.14. The largest absolute Gasteiger partial charge is 0.486 e. The summed E-state index contributed by atoms with van der Waals surface area (Å²) >= 11 is 0. The van der Waals surface area contributed by atoms with Crippen molar-refractivity contribution in [3.63, 3.8) is 0 Å². The van der Waals surface area contributed by atoms with E-state index < -0.39 is 0 Å². The number of hydrogen-bond donors (Lipinski definition) is 1. The molecule has 2 rings (SSSR count). The first kappa shape index (κ1) is 11.0. The Kier molecular flexibility index (Phi) is 3.47. The molecule has 86 valence electrons. The molecule has 0 atom stereocenters. The predicted molar refractivity (Wildman–Crippen MR) is 64.0 cm³/mol. The summed E-state index contributed by atoms with van der Waals surface area (Å²) in [6.07, 6.45) is 0. The van der Waals surface area contributed by atoms with Crippen LogP contribution in [0.5, 0.6) is 11.5 Å². The molecule has 0 amide bonds. The Morgan fingerprint density at radius 1 is 1.38 bits per heavy atom. The molecule has 1 aromatic rings. The normalized spacial score (nSPS) is 13.6. The third-order valence-corrected chi connectivity index (χ3v) is 2.39. The molecule has 0 aromatic heterocycles. The molecule has 1 aliphatic heterocycles. The first-order valence-electron chi connectivity index (χ1n) is 5.50. The van der Waals surface area contributed by atoms with E-state index in [1.165, 1.54) is 0 Å². The number of ether oxygens (including phenoxy) is 2. The molecule has 0 bridgehead atoms. The number of benzene rings is 1. The fourth-order valence-electron chi connectivity index (χ4n) is 1.68. The van der Waals surface area contributed by atoms with Crippen LogP contribution >= 0.6 is 0 Å². The van der Waals surface area contributed by atoms with E-state index in [0.29, 0.717) is 13.2 Å². The fraction of sp³-hybridized carbons (Fsp3) is 0.385. The Hall–Kier alpha value is -1.48. The molecule has 3 heteroatoms.